The van der Waals surface area contributed by atoms with Gasteiger partial charge in [-0.2, -0.15) is 0 Å². The van der Waals surface area contributed by atoms with Gasteiger partial charge in [-0.15, -0.1) is 11.6 Å². The van der Waals surface area contributed by atoms with E-state index >= 15 is 0 Å². The molecule has 0 saturated carbocycles. The molecule has 75 heavy (non-hydrogen) atoms. The first-order valence-electron chi connectivity index (χ1n) is 24.0. The van der Waals surface area contributed by atoms with Crippen LogP contribution in [0.1, 0.15) is 70.7 Å². The quantitative estimate of drug-likeness (QED) is 0.0997. The minimum absolute atomic E-state index is 0.0419. The number of nitrogens with zero attached hydrogens (tertiary/aromatic N) is 9. The normalized spacial score (nSPS) is 14.1. The Morgan fingerprint density at radius 2 is 1.09 bits per heavy atom. The number of H-pyrrole nitrogens is 1. The van der Waals surface area contributed by atoms with Crippen molar-refractivity contribution >= 4 is 80.5 Å². The number of benzene rings is 2. The first-order chi connectivity index (χ1) is 35.8. The molecule has 2 aliphatic heterocycles. The number of pyridine rings is 4. The van der Waals surface area contributed by atoms with Gasteiger partial charge >= 0.3 is 0 Å². The molecule has 8 heterocycles. The van der Waals surface area contributed by atoms with Crippen molar-refractivity contribution in [3.05, 3.63) is 187 Å². The number of alkyl halides is 1. The Kier molecular flexibility index (Phi) is 16.6. The van der Waals surface area contributed by atoms with E-state index in [2.05, 4.69) is 63.2 Å². The summed E-state index contributed by atoms with van der Waals surface area (Å²) < 4.78 is 4.48. The van der Waals surface area contributed by atoms with E-state index in [1.807, 2.05) is 16.8 Å². The summed E-state index contributed by atoms with van der Waals surface area (Å²) in [5, 5.41) is 7.94. The van der Waals surface area contributed by atoms with Crippen LogP contribution in [0.3, 0.4) is 0 Å². The number of hydrogen-bond donors (Lipinski definition) is 3. The molecule has 2 fully saturated rings. The van der Waals surface area contributed by atoms with Gasteiger partial charge in [0.05, 0.1) is 19.2 Å². The lowest BCUT2D eigenvalue weighted by molar-refractivity contribution is -0.142. The van der Waals surface area contributed by atoms with Crippen LogP contribution in [-0.2, 0) is 48.2 Å². The molecule has 3 N–H and O–H groups in total. The minimum Gasteiger partial charge on any atom is -0.351 e. The van der Waals surface area contributed by atoms with Gasteiger partial charge in [0.1, 0.15) is 35.5 Å². The van der Waals surface area contributed by atoms with Crippen molar-refractivity contribution in [2.45, 2.75) is 66.3 Å². The second kappa shape index (κ2) is 23.3. The number of amides is 4. The van der Waals surface area contributed by atoms with Crippen LogP contribution in [0.2, 0.25) is 10.0 Å². The number of likely N-dealkylation sites (tertiary alicyclic amines) is 2. The Morgan fingerprint density at radius 3 is 1.48 bits per heavy atom. The fourth-order valence-corrected chi connectivity index (χ4v) is 9.16. The molecule has 8 aromatic rings. The molecule has 0 aliphatic carbocycles. The molecule has 388 valence electrons. The van der Waals surface area contributed by atoms with Crippen LogP contribution in [0.4, 0.5) is 0 Å². The van der Waals surface area contributed by atoms with Gasteiger partial charge in [0, 0.05) is 103 Å². The number of aromatic nitrogens is 8. The van der Waals surface area contributed by atoms with Gasteiger partial charge in [-0.1, -0.05) is 75.2 Å². The van der Waals surface area contributed by atoms with Crippen molar-refractivity contribution < 1.29 is 19.2 Å². The summed E-state index contributed by atoms with van der Waals surface area (Å²) in [4.78, 5) is 101. The lowest BCUT2D eigenvalue weighted by atomic mass is 9.84. The van der Waals surface area contributed by atoms with E-state index in [9.17, 15) is 28.8 Å². The number of fused-ring (bicyclic) bond motifs is 2. The number of imidazole rings is 2. The highest BCUT2D eigenvalue weighted by Crippen LogP contribution is 2.30. The smallest absolute Gasteiger partial charge is 0.265 e. The highest BCUT2D eigenvalue weighted by Gasteiger charge is 2.38. The number of carbonyl (C=O) groups excluding carboxylic acids is 4. The van der Waals surface area contributed by atoms with Gasteiger partial charge in [-0.25, -0.2) is 19.9 Å². The fourth-order valence-electron chi connectivity index (χ4n) is 8.76. The maximum atomic E-state index is 13.5. The van der Waals surface area contributed by atoms with E-state index in [0.717, 1.165) is 22.3 Å². The average molecular weight is 1070 g/mol. The molecule has 2 saturated heterocycles. The summed E-state index contributed by atoms with van der Waals surface area (Å²) in [7, 11) is 0. The zero-order valence-electron chi connectivity index (χ0n) is 41.7. The maximum absolute atomic E-state index is 13.5. The lowest BCUT2D eigenvalue weighted by Gasteiger charge is -2.45. The molecule has 6 aromatic heterocycles. The number of halogens is 3. The average Bonchev–Trinajstić information content (AvgIpc) is 4.15. The number of aromatic amines is 1. The topological polar surface area (TPSA) is 215 Å². The van der Waals surface area contributed by atoms with Crippen LogP contribution in [0.15, 0.2) is 132 Å². The number of rotatable bonds is 13. The highest BCUT2D eigenvalue weighted by molar-refractivity contribution is 6.30. The lowest BCUT2D eigenvalue weighted by Crippen LogP contribution is -2.56. The van der Waals surface area contributed by atoms with Crippen molar-refractivity contribution in [2.75, 3.05) is 26.2 Å². The molecule has 18 nitrogen and oxygen atoms in total. The van der Waals surface area contributed by atoms with Crippen molar-refractivity contribution in [2.24, 2.45) is 10.8 Å². The molecule has 0 radical (unpaired) electrons. The van der Waals surface area contributed by atoms with E-state index in [1.165, 1.54) is 15.2 Å². The van der Waals surface area contributed by atoms with Gasteiger partial charge in [0.15, 0.2) is 0 Å². The summed E-state index contributed by atoms with van der Waals surface area (Å²) in [6.07, 6.45) is 13.6. The van der Waals surface area contributed by atoms with E-state index in [0.29, 0.717) is 64.8 Å². The Labute approximate surface area is 446 Å². The van der Waals surface area contributed by atoms with Gasteiger partial charge < -0.3 is 30.0 Å². The second-order valence-electron chi connectivity index (χ2n) is 20.0. The van der Waals surface area contributed by atoms with Gasteiger partial charge in [0.25, 0.3) is 22.9 Å². The monoisotopic (exact) mass is 1070 g/mol. The van der Waals surface area contributed by atoms with Crippen LogP contribution in [0, 0.1) is 10.8 Å². The summed E-state index contributed by atoms with van der Waals surface area (Å²) >= 11 is 17.8. The molecule has 10 rings (SSSR count). The van der Waals surface area contributed by atoms with Gasteiger partial charge in [-0.3, -0.25) is 37.9 Å². The van der Waals surface area contributed by atoms with Crippen molar-refractivity contribution in [1.82, 2.24) is 59.1 Å². The molecular weight excluding hydrogens is 1020 g/mol. The third-order valence-corrected chi connectivity index (χ3v) is 13.3. The maximum Gasteiger partial charge on any atom is 0.265 e. The zero-order valence-corrected chi connectivity index (χ0v) is 44.0. The Bertz CT molecular complexity index is 3440. The van der Waals surface area contributed by atoms with E-state index in [1.54, 1.807) is 114 Å². The van der Waals surface area contributed by atoms with Crippen LogP contribution in [0.25, 0.3) is 22.1 Å². The van der Waals surface area contributed by atoms with Crippen molar-refractivity contribution in [3.8, 4) is 0 Å². The van der Waals surface area contributed by atoms with Crippen LogP contribution >= 0.6 is 34.8 Å². The highest BCUT2D eigenvalue weighted by atomic mass is 35.5. The summed E-state index contributed by atoms with van der Waals surface area (Å²) in [5.41, 5.74) is 2.94. The third-order valence-electron chi connectivity index (χ3n) is 12.4. The third kappa shape index (κ3) is 13.6. The van der Waals surface area contributed by atoms with Crippen LogP contribution in [-0.4, -0.2) is 98.2 Å². The SMILES string of the molecule is CC1(C)CN(C(=O)Cn2c(=O)c(C(=O)NCc3ccc(Cl)cc3)cc3cc(CCl)cnc32)C1.CC1(C)CN(C(=O)Cn2c(=O)c(C(=O)NCc3ccc(Cl)cc3)cc3cc(Cn4ccnc4)cnc32)C1.c1c[nH]cn1. The molecule has 4 amide bonds. The van der Waals surface area contributed by atoms with Crippen molar-refractivity contribution in [3.63, 3.8) is 0 Å². The van der Waals surface area contributed by atoms with Crippen LogP contribution in [0.5, 0.6) is 0 Å². The molecule has 2 aliphatic rings. The molecule has 0 bridgehead atoms. The number of nitrogens with one attached hydrogen (secondary N) is 3. The minimum atomic E-state index is -0.560. The van der Waals surface area contributed by atoms with E-state index in [-0.39, 0.29) is 65.8 Å². The largest absolute Gasteiger partial charge is 0.351 e. The van der Waals surface area contributed by atoms with E-state index in [4.69, 9.17) is 34.8 Å². The Morgan fingerprint density at radius 1 is 0.627 bits per heavy atom. The molecule has 0 atom stereocenters. The van der Waals surface area contributed by atoms with Gasteiger partial charge in [-0.05, 0) is 81.6 Å². The predicted molar refractivity (Wildman–Crippen MR) is 287 cm³/mol. The molecule has 21 heteroatoms. The molecular formula is C54H55Cl3N12O6. The summed E-state index contributed by atoms with van der Waals surface area (Å²) in [5.74, 6) is -1.17. The van der Waals surface area contributed by atoms with E-state index < -0.39 is 22.9 Å². The predicted octanol–water partition coefficient (Wildman–Crippen LogP) is 7.09. The number of hydrogen-bond acceptors (Lipinski definition) is 10. The second-order valence-corrected chi connectivity index (χ2v) is 21.1. The zero-order chi connectivity index (χ0) is 53.4. The van der Waals surface area contributed by atoms with Crippen LogP contribution < -0.4 is 21.8 Å². The molecule has 0 spiro atoms. The molecule has 0 unspecified atom stereocenters. The fraction of sp³-hybridized carbons (Fsp3) is 0.296. The standard InChI is InChI=1S/C27H27ClN6O3.C24H24Cl2N4O3.C3H4N2/c1-27(2)15-33(16-27)23(35)14-34-24-20(9-19(12-30-24)13-32-8-7-29-17-32)10-22(26(34)37)25(36)31-11-18-3-5-21(28)6-4-18;1-24(2)13-29(14-24)20(31)12-30-21-17(7-16(9-25)11-27-21)8-19(23(30)33)22(32)28-10-15-3-5-18(26)6-4-15;1-2-5-3-4-1/h3-10,12,17H,11,13-16H2,1-2H3,(H,31,36);3-8,11H,9-10,12-14H2,1-2H3,(H,28,32);1-3H,(H,4,5). The summed E-state index contributed by atoms with van der Waals surface area (Å²) in [6.45, 7) is 11.5. The number of carbonyl (C=O) groups is 4. The Hall–Kier alpha value is -7.67. The summed E-state index contributed by atoms with van der Waals surface area (Å²) in [6, 6.07) is 20.9. The van der Waals surface area contributed by atoms with Crippen molar-refractivity contribution in [1.29, 1.82) is 0 Å². The first-order valence-corrected chi connectivity index (χ1v) is 25.2. The Balaban J connectivity index is 0.000000183. The first kappa shape index (κ1) is 53.6. The molecule has 2 aromatic carbocycles. The van der Waals surface area contributed by atoms with Gasteiger partial charge in [0.2, 0.25) is 11.8 Å².